The fourth-order valence-corrected chi connectivity index (χ4v) is 21.1. The van der Waals surface area contributed by atoms with Crippen LogP contribution in [0.2, 0.25) is 0 Å². The van der Waals surface area contributed by atoms with E-state index >= 15 is 0 Å². The van der Waals surface area contributed by atoms with Crippen LogP contribution in [0.3, 0.4) is 0 Å². The molecule has 1 radical (unpaired) electrons. The van der Waals surface area contributed by atoms with E-state index in [-0.39, 0.29) is 60.6 Å². The van der Waals surface area contributed by atoms with Crippen LogP contribution in [0, 0.1) is 17.9 Å². The molecule has 5 heterocycles. The summed E-state index contributed by atoms with van der Waals surface area (Å²) in [5, 5.41) is 29.7. The monoisotopic (exact) mass is 1830 g/mol. The molecule has 0 bridgehead atoms. The Labute approximate surface area is 810 Å². The molecule has 135 heavy (non-hydrogen) atoms. The molecule has 0 amide bonds. The molecular weight excluding hydrogens is 1710 g/mol. The SMILES string of the molecule is CC(C)(C)c1cc2cc(C(C)(C)C)cc3c4cc(C(C)(C)C)cc5cc(C(C)(C)C)cc(c(c1)c23)c54.CCN(CC)c1ccc2cc(-c3nc4ccccc4s3)c(=O)oc2c1.[C-]#[N+]/C(C#N)=C1\C=C(C)OC(/C=C/c2cc3c4c(c2)C(C)(C)CCN4CCC3(C)C)=C1.[Co].c1ccc(-c2c3ccccc3c(-c3ccccc3)c3c(-c4ccccc4)c4ccccc4c(-c4ccccc4)c23)cc1. The zero-order valence-electron chi connectivity index (χ0n) is 81.3. The third kappa shape index (κ3) is 18.1. The van der Waals surface area contributed by atoms with E-state index in [0.717, 1.165) is 65.9 Å². The van der Waals surface area contributed by atoms with Crippen LogP contribution >= 0.6 is 11.3 Å². The molecule has 10 heteroatoms. The molecule has 8 nitrogen and oxygen atoms in total. The molecule has 3 aliphatic rings. The molecule has 0 atom stereocenters. The average molecular weight is 1830 g/mol. The minimum Gasteiger partial charge on any atom is -0.462 e. The van der Waals surface area contributed by atoms with Crippen molar-refractivity contribution < 1.29 is 25.9 Å². The van der Waals surface area contributed by atoms with E-state index in [9.17, 15) is 10.1 Å². The predicted octanol–water partition coefficient (Wildman–Crippen LogP) is 34.0. The van der Waals surface area contributed by atoms with Crippen molar-refractivity contribution >= 4 is 125 Å². The van der Waals surface area contributed by atoms with Crippen molar-refractivity contribution in [2.45, 2.75) is 177 Å². The molecule has 0 spiro atoms. The number of thiazole rings is 1. The Balaban J connectivity index is 0.000000127. The molecular formula is C125H119CoN5O3S. The van der Waals surface area contributed by atoms with E-state index in [1.54, 1.807) is 12.2 Å². The van der Waals surface area contributed by atoms with E-state index in [2.05, 4.69) is 387 Å². The summed E-state index contributed by atoms with van der Waals surface area (Å²) in [6.45, 7) is 54.8. The quantitative estimate of drug-likeness (QED) is 0.0443. The van der Waals surface area contributed by atoms with Crippen LogP contribution < -0.4 is 15.4 Å². The van der Waals surface area contributed by atoms with Gasteiger partial charge in [0.15, 0.2) is 0 Å². The molecule has 3 aliphatic heterocycles. The Morgan fingerprint density at radius 3 is 1.25 bits per heavy atom. The first-order chi connectivity index (χ1) is 64.1. The molecule has 21 rings (SSSR count). The van der Waals surface area contributed by atoms with Crippen molar-refractivity contribution in [2.75, 3.05) is 36.0 Å². The number of aromatic nitrogens is 1. The van der Waals surface area contributed by atoms with Crippen LogP contribution in [0.5, 0.6) is 0 Å². The Bertz CT molecular complexity index is 7290. The molecule has 0 aliphatic carbocycles. The Kier molecular flexibility index (Phi) is 25.4. The van der Waals surface area contributed by atoms with Crippen LogP contribution in [-0.4, -0.2) is 31.2 Å². The average Bonchev–Trinajstić information content (AvgIpc) is 0.885. The van der Waals surface area contributed by atoms with Gasteiger partial charge in [0.1, 0.15) is 22.1 Å². The number of hydrogen-bond donors (Lipinski definition) is 0. The van der Waals surface area contributed by atoms with Gasteiger partial charge < -0.3 is 19.0 Å². The molecule has 0 fully saturated rings. The zero-order valence-corrected chi connectivity index (χ0v) is 83.2. The maximum absolute atomic E-state index is 12.5. The zero-order chi connectivity index (χ0) is 94.2. The second kappa shape index (κ2) is 36.7. The molecule has 0 unspecified atom stereocenters. The number of para-hydroxylation sites is 1. The number of rotatable bonds is 10. The maximum atomic E-state index is 12.5. The van der Waals surface area contributed by atoms with Crippen molar-refractivity contribution in [1.82, 2.24) is 4.98 Å². The number of allylic oxidation sites excluding steroid dienone is 6. The van der Waals surface area contributed by atoms with Gasteiger partial charge in [0.25, 0.3) is 5.70 Å². The summed E-state index contributed by atoms with van der Waals surface area (Å²) in [7, 11) is 0. The second-order valence-corrected chi connectivity index (χ2v) is 42.9. The Morgan fingerprint density at radius 1 is 0.481 bits per heavy atom. The van der Waals surface area contributed by atoms with E-state index in [1.165, 1.54) is 170 Å². The van der Waals surface area contributed by atoms with Crippen molar-refractivity contribution in [3.8, 4) is 61.1 Å². The van der Waals surface area contributed by atoms with E-state index in [0.29, 0.717) is 33.2 Å². The summed E-state index contributed by atoms with van der Waals surface area (Å²) >= 11 is 1.51. The number of ether oxygens (including phenoxy) is 1. The van der Waals surface area contributed by atoms with Crippen molar-refractivity contribution in [1.29, 1.82) is 5.26 Å². The number of nitrogens with zero attached hydrogens (tertiary/aromatic N) is 5. The van der Waals surface area contributed by atoms with Crippen LogP contribution in [-0.2, 0) is 54.0 Å². The third-order valence-corrected chi connectivity index (χ3v) is 28.8. The van der Waals surface area contributed by atoms with Crippen LogP contribution in [0.25, 0.3) is 163 Å². The summed E-state index contributed by atoms with van der Waals surface area (Å²) in [5.74, 6) is 1.31. The largest absolute Gasteiger partial charge is 0.462 e. The summed E-state index contributed by atoms with van der Waals surface area (Å²) < 4.78 is 12.5. The third-order valence-electron chi connectivity index (χ3n) is 27.7. The summed E-state index contributed by atoms with van der Waals surface area (Å²) in [5.41, 5.74) is 25.2. The van der Waals surface area contributed by atoms with Crippen LogP contribution in [0.15, 0.2) is 329 Å². The first-order valence-corrected chi connectivity index (χ1v) is 48.2. The number of hydrogen-bond acceptors (Lipinski definition) is 8. The van der Waals surface area contributed by atoms with Gasteiger partial charge in [0.2, 0.25) is 0 Å². The minimum atomic E-state index is -0.344. The van der Waals surface area contributed by atoms with Gasteiger partial charge in [-0.25, -0.2) is 19.9 Å². The van der Waals surface area contributed by atoms with Gasteiger partial charge in [-0.15, -0.1) is 11.3 Å². The molecule has 677 valence electrons. The van der Waals surface area contributed by atoms with Crippen molar-refractivity contribution in [2.24, 2.45) is 0 Å². The van der Waals surface area contributed by atoms with Crippen molar-refractivity contribution in [3.05, 3.63) is 381 Å². The fraction of sp³-hybridized carbons (Fsp3) is 0.248. The van der Waals surface area contributed by atoms with Gasteiger partial charge in [0, 0.05) is 65.8 Å². The Hall–Kier alpha value is -13.5. The number of nitriles is 1. The van der Waals surface area contributed by atoms with Gasteiger partial charge >= 0.3 is 5.63 Å². The topological polar surface area (TPSA) is 87.0 Å². The number of benzene rings is 16. The molecule has 16 aromatic carbocycles. The minimum absolute atomic E-state index is 0. The molecule has 0 saturated heterocycles. The Morgan fingerprint density at radius 2 is 0.874 bits per heavy atom. The summed E-state index contributed by atoms with van der Waals surface area (Å²) in [6, 6.07) is 104. The maximum Gasteiger partial charge on any atom is 0.346 e. The smallest absolute Gasteiger partial charge is 0.346 e. The number of anilines is 2. The molecule has 2 aromatic heterocycles. The first-order valence-electron chi connectivity index (χ1n) is 47.4. The van der Waals surface area contributed by atoms with Crippen LogP contribution in [0.4, 0.5) is 11.4 Å². The molecule has 0 saturated carbocycles. The first kappa shape index (κ1) is 93.4. The summed E-state index contributed by atoms with van der Waals surface area (Å²) in [4.78, 5) is 25.2. The van der Waals surface area contributed by atoms with Gasteiger partial charge in [-0.05, 0) is 315 Å². The van der Waals surface area contributed by atoms with Gasteiger partial charge in [-0.3, -0.25) is 0 Å². The summed E-state index contributed by atoms with van der Waals surface area (Å²) in [6.07, 6.45) is 9.84. The van der Waals surface area contributed by atoms with E-state index in [1.807, 2.05) is 61.5 Å². The van der Waals surface area contributed by atoms with E-state index in [4.69, 9.17) is 15.7 Å². The van der Waals surface area contributed by atoms with Crippen molar-refractivity contribution in [3.63, 3.8) is 0 Å². The fourth-order valence-electron chi connectivity index (χ4n) is 20.2. The van der Waals surface area contributed by atoms with E-state index < -0.39 is 0 Å². The molecule has 0 N–H and O–H groups in total. The van der Waals surface area contributed by atoms with Crippen LogP contribution in [0.1, 0.15) is 183 Å². The normalized spacial score (nSPS) is 14.5. The molecule has 18 aromatic rings. The second-order valence-electron chi connectivity index (χ2n) is 41.9. The van der Waals surface area contributed by atoms with Gasteiger partial charge in [0.05, 0.1) is 28.4 Å². The predicted molar refractivity (Wildman–Crippen MR) is 573 cm³/mol. The standard InChI is InChI=1S/C42H28.C36H44.C27H29N3O.C20H18N2O2S.Co/c1-5-17-29(18-6-1)37-33-25-13-14-26-34(33)39(31-21-9-3-10-22-31)42-40(32-23-11-4-12-24-32)36-28-16-15-27-35(36)38(41(37)42)30-19-7-2-8-20-30;1-33(2,3)23-13-21-14-24(34(4,5)6)19-29-30-20-26(36(10,11)12)16-22-15-25(35(7,8)9)18-28(32(22)30)27(17-23)31(21)29;1-18-13-20(24(17-28)29-6)16-21(31-18)8-7-19-14-22-25-23(15-19)27(4,5)10-12-30(25)11-9-26(22,2)3;1-3-22(4-2)14-10-9-13-11-15(20(23)24-17(13)12-14)19-21-16-7-5-6-8-18(16)25-19;/h1-28H;13-20H,1-12H3;7-8,13-16H,9-12H2,1-5H3;5-12H,3-4H2,1-2H3;/b;;8-7+,24-20+;;. The van der Waals surface area contributed by atoms with Gasteiger partial charge in [-0.1, -0.05) is 323 Å². The van der Waals surface area contributed by atoms with Gasteiger partial charge in [-0.2, -0.15) is 0 Å². The number of fused-ring (bicyclic) bond motifs is 7.